The number of carbonyl (C=O) groups excluding carboxylic acids is 2. The van der Waals surface area contributed by atoms with E-state index in [1.54, 1.807) is 11.1 Å². The number of carbonyl (C=O) groups is 2. The molecule has 6 nitrogen and oxygen atoms in total. The lowest BCUT2D eigenvalue weighted by atomic mass is 9.92. The number of allylic oxidation sites excluding steroid dienone is 1. The van der Waals surface area contributed by atoms with Crippen molar-refractivity contribution in [2.75, 3.05) is 26.2 Å². The van der Waals surface area contributed by atoms with Gasteiger partial charge >= 0.3 is 6.09 Å². The highest BCUT2D eigenvalue weighted by Crippen LogP contribution is 2.39. The van der Waals surface area contributed by atoms with Crippen LogP contribution in [0.2, 0.25) is 0 Å². The topological polar surface area (TPSA) is 62.7 Å². The standard InChI is InChI=1S/C25H29N3O3/c1-17-7-8-20-21(14-17)19(16-29)15-18-6-5-9-26-22(18)23(20)27-10-12-28(13-11-27)24(30)31-25(2,3)4/h5-9,14-16,23H,10-13H2,1-4H3. The van der Waals surface area contributed by atoms with E-state index in [0.29, 0.717) is 31.8 Å². The number of ether oxygens (including phenoxy) is 1. The molecule has 1 unspecified atom stereocenters. The SMILES string of the molecule is Cc1ccc2c(c1)C(C=O)=Cc1cccnc1C2N1CCN(C(=O)OC(C)(C)C)CC1. The number of benzene rings is 1. The van der Waals surface area contributed by atoms with Gasteiger partial charge in [0.1, 0.15) is 5.60 Å². The third-order valence-corrected chi connectivity index (χ3v) is 5.71. The van der Waals surface area contributed by atoms with Crippen molar-refractivity contribution < 1.29 is 14.3 Å². The Balaban J connectivity index is 1.67. The maximum absolute atomic E-state index is 12.5. The first-order valence-corrected chi connectivity index (χ1v) is 10.7. The van der Waals surface area contributed by atoms with Crippen molar-refractivity contribution in [3.05, 3.63) is 64.5 Å². The average Bonchev–Trinajstić information content (AvgIpc) is 2.86. The zero-order valence-electron chi connectivity index (χ0n) is 18.6. The summed E-state index contributed by atoms with van der Waals surface area (Å²) in [6.45, 7) is 10.2. The Hall–Kier alpha value is -2.99. The molecule has 2 heterocycles. The fourth-order valence-electron chi connectivity index (χ4n) is 4.29. The van der Waals surface area contributed by atoms with Gasteiger partial charge in [0.25, 0.3) is 0 Å². The van der Waals surface area contributed by atoms with Crippen LogP contribution >= 0.6 is 0 Å². The van der Waals surface area contributed by atoms with E-state index >= 15 is 0 Å². The molecule has 0 radical (unpaired) electrons. The Bertz CT molecular complexity index is 1030. The van der Waals surface area contributed by atoms with Gasteiger partial charge in [-0.3, -0.25) is 14.7 Å². The molecular formula is C25H29N3O3. The summed E-state index contributed by atoms with van der Waals surface area (Å²) in [5, 5.41) is 0. The summed E-state index contributed by atoms with van der Waals surface area (Å²) < 4.78 is 5.54. The molecule has 0 N–H and O–H groups in total. The molecule has 0 spiro atoms. The zero-order chi connectivity index (χ0) is 22.2. The van der Waals surface area contributed by atoms with Crippen LogP contribution < -0.4 is 0 Å². The fraction of sp³-hybridized carbons (Fsp3) is 0.400. The van der Waals surface area contributed by atoms with Crippen LogP contribution in [0, 0.1) is 6.92 Å². The van der Waals surface area contributed by atoms with E-state index in [0.717, 1.165) is 34.2 Å². The first-order valence-electron chi connectivity index (χ1n) is 10.7. The Kier molecular flexibility index (Phi) is 5.67. The lowest BCUT2D eigenvalue weighted by Gasteiger charge is -2.40. The second-order valence-electron chi connectivity index (χ2n) is 9.19. The van der Waals surface area contributed by atoms with E-state index < -0.39 is 5.60 Å². The van der Waals surface area contributed by atoms with E-state index in [-0.39, 0.29) is 12.1 Å². The van der Waals surface area contributed by atoms with Gasteiger partial charge in [0.05, 0.1) is 11.7 Å². The molecule has 162 valence electrons. The van der Waals surface area contributed by atoms with Crippen molar-refractivity contribution in [1.82, 2.24) is 14.8 Å². The number of amides is 1. The number of pyridine rings is 1. The minimum Gasteiger partial charge on any atom is -0.444 e. The van der Waals surface area contributed by atoms with Crippen molar-refractivity contribution in [2.24, 2.45) is 0 Å². The predicted molar refractivity (Wildman–Crippen MR) is 121 cm³/mol. The van der Waals surface area contributed by atoms with Gasteiger partial charge in [-0.1, -0.05) is 29.8 Å². The van der Waals surface area contributed by atoms with E-state index in [2.05, 4.69) is 23.1 Å². The van der Waals surface area contributed by atoms with Gasteiger partial charge in [0.2, 0.25) is 0 Å². The number of aldehydes is 1. The minimum atomic E-state index is -0.508. The van der Waals surface area contributed by atoms with Crippen LogP contribution in [0.4, 0.5) is 4.79 Å². The molecule has 1 aliphatic heterocycles. The highest BCUT2D eigenvalue weighted by molar-refractivity contribution is 6.14. The van der Waals surface area contributed by atoms with Crippen molar-refractivity contribution in [2.45, 2.75) is 39.3 Å². The largest absolute Gasteiger partial charge is 0.444 e. The highest BCUT2D eigenvalue weighted by atomic mass is 16.6. The van der Waals surface area contributed by atoms with Crippen molar-refractivity contribution in [1.29, 1.82) is 0 Å². The lowest BCUT2D eigenvalue weighted by Crippen LogP contribution is -2.51. The quantitative estimate of drug-likeness (QED) is 0.686. The van der Waals surface area contributed by atoms with E-state index in [1.807, 2.05) is 45.9 Å². The number of nitrogens with zero attached hydrogens (tertiary/aromatic N) is 3. The Morgan fingerprint density at radius 3 is 2.58 bits per heavy atom. The van der Waals surface area contributed by atoms with Gasteiger partial charge in [-0.15, -0.1) is 0 Å². The van der Waals surface area contributed by atoms with Crippen LogP contribution in [0.15, 0.2) is 36.5 Å². The summed E-state index contributed by atoms with van der Waals surface area (Å²) in [5.74, 6) is 0. The second-order valence-corrected chi connectivity index (χ2v) is 9.19. The van der Waals surface area contributed by atoms with Gasteiger partial charge in [-0.25, -0.2) is 4.79 Å². The highest BCUT2D eigenvalue weighted by Gasteiger charge is 2.34. The summed E-state index contributed by atoms with van der Waals surface area (Å²) in [7, 11) is 0. The monoisotopic (exact) mass is 419 g/mol. The molecule has 2 aliphatic rings. The van der Waals surface area contributed by atoms with E-state index in [1.165, 1.54) is 0 Å². The van der Waals surface area contributed by atoms with Gasteiger partial charge in [0, 0.05) is 37.9 Å². The summed E-state index contributed by atoms with van der Waals surface area (Å²) in [5.41, 5.74) is 5.20. The first-order chi connectivity index (χ1) is 14.8. The van der Waals surface area contributed by atoms with Gasteiger partial charge in [-0.2, -0.15) is 0 Å². The molecule has 1 aromatic heterocycles. The Morgan fingerprint density at radius 2 is 1.90 bits per heavy atom. The normalized spacial score (nSPS) is 19.0. The van der Waals surface area contributed by atoms with Crippen molar-refractivity contribution >= 4 is 24.0 Å². The molecule has 1 saturated heterocycles. The Morgan fingerprint density at radius 1 is 1.16 bits per heavy atom. The number of rotatable bonds is 2. The minimum absolute atomic E-state index is 0.0821. The van der Waals surface area contributed by atoms with Crippen LogP contribution in [0.3, 0.4) is 0 Å². The molecule has 6 heteroatoms. The van der Waals surface area contributed by atoms with Gasteiger partial charge < -0.3 is 9.64 Å². The number of fused-ring (bicyclic) bond motifs is 2. The van der Waals surface area contributed by atoms with Crippen molar-refractivity contribution in [3.63, 3.8) is 0 Å². The van der Waals surface area contributed by atoms with E-state index in [9.17, 15) is 9.59 Å². The Labute approximate surface area is 183 Å². The maximum atomic E-state index is 12.5. The van der Waals surface area contributed by atoms with Gasteiger partial charge in [0.15, 0.2) is 6.29 Å². The molecular weight excluding hydrogens is 390 g/mol. The first kappa shape index (κ1) is 21.2. The molecule has 4 rings (SSSR count). The summed E-state index contributed by atoms with van der Waals surface area (Å²) in [4.78, 5) is 33.3. The molecule has 1 aromatic carbocycles. The fourth-order valence-corrected chi connectivity index (χ4v) is 4.29. The molecule has 1 atom stereocenters. The van der Waals surface area contributed by atoms with Gasteiger partial charge in [-0.05, 0) is 56.5 Å². The van der Waals surface area contributed by atoms with Crippen LogP contribution in [0.25, 0.3) is 11.6 Å². The summed E-state index contributed by atoms with van der Waals surface area (Å²) in [6.07, 6.45) is 4.39. The average molecular weight is 420 g/mol. The van der Waals surface area contributed by atoms with E-state index in [4.69, 9.17) is 9.72 Å². The summed E-state index contributed by atoms with van der Waals surface area (Å²) >= 11 is 0. The lowest BCUT2D eigenvalue weighted by molar-refractivity contribution is -0.103. The second kappa shape index (κ2) is 8.27. The number of hydrogen-bond acceptors (Lipinski definition) is 5. The number of aryl methyl sites for hydroxylation is 1. The zero-order valence-corrected chi connectivity index (χ0v) is 18.6. The molecule has 1 amide bonds. The third kappa shape index (κ3) is 4.39. The number of aromatic nitrogens is 1. The van der Waals surface area contributed by atoms with Crippen LogP contribution in [-0.2, 0) is 9.53 Å². The van der Waals surface area contributed by atoms with Crippen LogP contribution in [0.5, 0.6) is 0 Å². The number of hydrogen-bond donors (Lipinski definition) is 0. The maximum Gasteiger partial charge on any atom is 0.410 e. The molecule has 1 aliphatic carbocycles. The predicted octanol–water partition coefficient (Wildman–Crippen LogP) is 4.09. The smallest absolute Gasteiger partial charge is 0.410 e. The molecule has 0 bridgehead atoms. The number of piperazine rings is 1. The third-order valence-electron chi connectivity index (χ3n) is 5.71. The molecule has 31 heavy (non-hydrogen) atoms. The molecule has 1 fully saturated rings. The molecule has 2 aromatic rings. The summed E-state index contributed by atoms with van der Waals surface area (Å²) in [6, 6.07) is 10.1. The van der Waals surface area contributed by atoms with Crippen LogP contribution in [-0.4, -0.2) is 58.9 Å². The molecule has 0 saturated carbocycles. The van der Waals surface area contributed by atoms with Crippen molar-refractivity contribution in [3.8, 4) is 0 Å². The van der Waals surface area contributed by atoms with Crippen LogP contribution in [0.1, 0.15) is 54.8 Å².